The summed E-state index contributed by atoms with van der Waals surface area (Å²) in [7, 11) is 0. The Morgan fingerprint density at radius 3 is 2.60 bits per heavy atom. The van der Waals surface area contributed by atoms with E-state index >= 15 is 0 Å². The third kappa shape index (κ3) is 4.41. The summed E-state index contributed by atoms with van der Waals surface area (Å²) >= 11 is 1.76. The minimum absolute atomic E-state index is 0.00672. The summed E-state index contributed by atoms with van der Waals surface area (Å²) in [6, 6.07) is 13.5. The first-order valence-electron chi connectivity index (χ1n) is 10.1. The number of fused-ring (bicyclic) bond motifs is 1. The smallest absolute Gasteiger partial charge is 0.227 e. The monoisotopic (exact) mass is 421 g/mol. The van der Waals surface area contributed by atoms with Gasteiger partial charge in [-0.1, -0.05) is 12.1 Å². The third-order valence-electron chi connectivity index (χ3n) is 5.41. The number of pyridine rings is 1. The van der Waals surface area contributed by atoms with Gasteiger partial charge in [-0.2, -0.15) is 5.26 Å². The maximum absolute atomic E-state index is 12.7. The second kappa shape index (κ2) is 9.18. The van der Waals surface area contributed by atoms with Gasteiger partial charge in [-0.15, -0.1) is 11.8 Å². The van der Waals surface area contributed by atoms with E-state index in [9.17, 15) is 9.59 Å². The zero-order valence-corrected chi connectivity index (χ0v) is 17.5. The number of carbonyl (C=O) groups excluding carboxylic acids is 2. The fourth-order valence-electron chi connectivity index (χ4n) is 3.78. The summed E-state index contributed by atoms with van der Waals surface area (Å²) in [6.07, 6.45) is 2.09. The summed E-state index contributed by atoms with van der Waals surface area (Å²) in [4.78, 5) is 36.6. The van der Waals surface area contributed by atoms with Crippen LogP contribution in [-0.4, -0.2) is 60.2 Å². The molecule has 7 nitrogen and oxygen atoms in total. The number of benzene rings is 1. The molecule has 1 aromatic carbocycles. The topological polar surface area (TPSA) is 80.5 Å². The molecule has 0 unspecified atom stereocenters. The second-order valence-electron chi connectivity index (χ2n) is 7.24. The molecule has 2 aromatic rings. The van der Waals surface area contributed by atoms with Crippen LogP contribution in [0.15, 0.2) is 47.5 Å². The molecule has 30 heavy (non-hydrogen) atoms. The van der Waals surface area contributed by atoms with E-state index in [4.69, 9.17) is 5.26 Å². The van der Waals surface area contributed by atoms with Crippen molar-refractivity contribution < 1.29 is 9.59 Å². The van der Waals surface area contributed by atoms with Crippen LogP contribution in [0.1, 0.15) is 18.4 Å². The highest BCUT2D eigenvalue weighted by atomic mass is 32.2. The average Bonchev–Trinajstić information content (AvgIpc) is 2.82. The van der Waals surface area contributed by atoms with E-state index in [0.29, 0.717) is 38.3 Å². The minimum atomic E-state index is 0.00672. The van der Waals surface area contributed by atoms with Crippen molar-refractivity contribution in [3.05, 3.63) is 48.2 Å². The van der Waals surface area contributed by atoms with Crippen LogP contribution >= 0.6 is 11.8 Å². The molecule has 154 valence electrons. The molecule has 0 bridgehead atoms. The van der Waals surface area contributed by atoms with Crippen molar-refractivity contribution in [1.29, 1.82) is 5.26 Å². The Kier molecular flexibility index (Phi) is 6.19. The van der Waals surface area contributed by atoms with Gasteiger partial charge in [-0.05, 0) is 24.3 Å². The van der Waals surface area contributed by atoms with Gasteiger partial charge in [0, 0.05) is 62.4 Å². The average molecular weight is 422 g/mol. The van der Waals surface area contributed by atoms with Crippen LogP contribution in [0.5, 0.6) is 0 Å². The number of nitriles is 1. The maximum Gasteiger partial charge on any atom is 0.227 e. The fraction of sp³-hybridized carbons (Fsp3) is 0.364. The molecule has 8 heteroatoms. The molecule has 2 aliphatic heterocycles. The molecule has 0 atom stereocenters. The lowest BCUT2D eigenvalue weighted by Gasteiger charge is -2.35. The van der Waals surface area contributed by atoms with Gasteiger partial charge in [0.1, 0.15) is 5.82 Å². The highest BCUT2D eigenvalue weighted by Crippen LogP contribution is 2.34. The SMILES string of the molecule is N#Cc1ccnc(N2CCN(C(=O)CCC(=O)N3CCSc4ccccc43)CC2)c1. The number of hydrogen-bond donors (Lipinski definition) is 0. The van der Waals surface area contributed by atoms with Gasteiger partial charge < -0.3 is 14.7 Å². The zero-order chi connectivity index (χ0) is 20.9. The van der Waals surface area contributed by atoms with Crippen LogP contribution < -0.4 is 9.80 Å². The number of para-hydroxylation sites is 1. The Bertz CT molecular complexity index is 981. The second-order valence-corrected chi connectivity index (χ2v) is 8.38. The van der Waals surface area contributed by atoms with Crippen molar-refractivity contribution in [3.8, 4) is 6.07 Å². The molecule has 2 amide bonds. The first-order valence-corrected chi connectivity index (χ1v) is 11.1. The number of thioether (sulfide) groups is 1. The van der Waals surface area contributed by atoms with Gasteiger partial charge >= 0.3 is 0 Å². The maximum atomic E-state index is 12.7. The van der Waals surface area contributed by atoms with E-state index in [1.54, 1.807) is 30.1 Å². The van der Waals surface area contributed by atoms with Crippen LogP contribution in [0.25, 0.3) is 0 Å². The van der Waals surface area contributed by atoms with Crippen molar-refractivity contribution in [2.45, 2.75) is 17.7 Å². The van der Waals surface area contributed by atoms with E-state index in [-0.39, 0.29) is 24.7 Å². The molecule has 4 rings (SSSR count). The van der Waals surface area contributed by atoms with Crippen molar-refractivity contribution >= 4 is 35.1 Å². The van der Waals surface area contributed by atoms with Crippen molar-refractivity contribution in [1.82, 2.24) is 9.88 Å². The first kappa shape index (κ1) is 20.2. The van der Waals surface area contributed by atoms with Crippen molar-refractivity contribution in [2.24, 2.45) is 0 Å². The molecular weight excluding hydrogens is 398 g/mol. The number of rotatable bonds is 4. The molecule has 0 saturated carbocycles. The normalized spacial score (nSPS) is 16.0. The first-order chi connectivity index (χ1) is 14.7. The van der Waals surface area contributed by atoms with Crippen molar-refractivity contribution in [2.75, 3.05) is 48.3 Å². The molecular formula is C22H23N5O2S. The molecule has 0 N–H and O–H groups in total. The highest BCUT2D eigenvalue weighted by Gasteiger charge is 2.25. The zero-order valence-electron chi connectivity index (χ0n) is 16.7. The molecule has 0 radical (unpaired) electrons. The number of anilines is 2. The number of piperazine rings is 1. The Morgan fingerprint density at radius 2 is 1.80 bits per heavy atom. The van der Waals surface area contributed by atoms with Gasteiger partial charge in [0.15, 0.2) is 0 Å². The van der Waals surface area contributed by atoms with Crippen LogP contribution in [0.3, 0.4) is 0 Å². The van der Waals surface area contributed by atoms with Gasteiger partial charge in [0.2, 0.25) is 11.8 Å². The summed E-state index contributed by atoms with van der Waals surface area (Å²) < 4.78 is 0. The summed E-state index contributed by atoms with van der Waals surface area (Å²) in [5, 5.41) is 9.05. The predicted octanol–water partition coefficient (Wildman–Crippen LogP) is 2.52. The molecule has 1 fully saturated rings. The number of nitrogens with zero attached hydrogens (tertiary/aromatic N) is 5. The van der Waals surface area contributed by atoms with E-state index in [1.165, 1.54) is 0 Å². The quantitative estimate of drug-likeness (QED) is 0.755. The largest absolute Gasteiger partial charge is 0.353 e. The van der Waals surface area contributed by atoms with E-state index in [1.807, 2.05) is 34.1 Å². The Labute approximate surface area is 180 Å². The predicted molar refractivity (Wildman–Crippen MR) is 116 cm³/mol. The lowest BCUT2D eigenvalue weighted by Crippen LogP contribution is -2.49. The van der Waals surface area contributed by atoms with E-state index in [2.05, 4.69) is 16.0 Å². The summed E-state index contributed by atoms with van der Waals surface area (Å²) in [5.41, 5.74) is 1.53. The standard InChI is InChI=1S/C22H23N5O2S/c23-16-17-7-8-24-20(15-17)25-9-11-26(12-10-25)21(28)5-6-22(29)27-13-14-30-19-4-2-1-3-18(19)27/h1-4,7-8,15H,5-6,9-14H2. The van der Waals surface area contributed by atoms with Crippen LogP contribution in [0, 0.1) is 11.3 Å². The lowest BCUT2D eigenvalue weighted by molar-refractivity contribution is -0.133. The molecule has 2 aliphatic rings. The molecule has 3 heterocycles. The molecule has 1 aromatic heterocycles. The van der Waals surface area contributed by atoms with Crippen LogP contribution in [0.4, 0.5) is 11.5 Å². The third-order valence-corrected chi connectivity index (χ3v) is 6.46. The van der Waals surface area contributed by atoms with Gasteiger partial charge in [0.05, 0.1) is 17.3 Å². The van der Waals surface area contributed by atoms with Crippen LogP contribution in [-0.2, 0) is 9.59 Å². The summed E-state index contributed by atoms with van der Waals surface area (Å²) in [5.74, 6) is 1.66. The van der Waals surface area contributed by atoms with Gasteiger partial charge in [0.25, 0.3) is 0 Å². The van der Waals surface area contributed by atoms with Gasteiger partial charge in [-0.25, -0.2) is 4.98 Å². The number of aromatic nitrogens is 1. The fourth-order valence-corrected chi connectivity index (χ4v) is 4.78. The molecule has 1 saturated heterocycles. The number of hydrogen-bond acceptors (Lipinski definition) is 6. The van der Waals surface area contributed by atoms with Crippen molar-refractivity contribution in [3.63, 3.8) is 0 Å². The minimum Gasteiger partial charge on any atom is -0.353 e. The Hall–Kier alpha value is -3.05. The molecule has 0 aliphatic carbocycles. The summed E-state index contributed by atoms with van der Waals surface area (Å²) in [6.45, 7) is 3.20. The lowest BCUT2D eigenvalue weighted by atomic mass is 10.2. The Morgan fingerprint density at radius 1 is 1.03 bits per heavy atom. The van der Waals surface area contributed by atoms with E-state index in [0.717, 1.165) is 22.2 Å². The number of amides is 2. The number of carbonyl (C=O) groups is 2. The van der Waals surface area contributed by atoms with Gasteiger partial charge in [-0.3, -0.25) is 9.59 Å². The Balaban J connectivity index is 1.28. The van der Waals surface area contributed by atoms with Crippen LogP contribution in [0.2, 0.25) is 0 Å². The van der Waals surface area contributed by atoms with E-state index < -0.39 is 0 Å². The molecule has 0 spiro atoms. The highest BCUT2D eigenvalue weighted by molar-refractivity contribution is 7.99.